The van der Waals surface area contributed by atoms with E-state index < -0.39 is 5.97 Å². The molecule has 14 heavy (non-hydrogen) atoms. The number of aliphatic carboxylic acids is 1. The Labute approximate surface area is 83.3 Å². The lowest BCUT2D eigenvalue weighted by Gasteiger charge is -2.23. The highest BCUT2D eigenvalue weighted by Crippen LogP contribution is 1.96. The maximum absolute atomic E-state index is 10.2. The van der Waals surface area contributed by atoms with Crippen molar-refractivity contribution in [2.24, 2.45) is 0 Å². The van der Waals surface area contributed by atoms with Crippen molar-refractivity contribution in [3.8, 4) is 0 Å². The molecule has 0 aromatic carbocycles. The first-order valence-electron chi connectivity index (χ1n) is 4.74. The van der Waals surface area contributed by atoms with Gasteiger partial charge < -0.3 is 20.1 Å². The summed E-state index contributed by atoms with van der Waals surface area (Å²) in [5.74, 6) is -0.760. The number of hydrogen-bond acceptors (Lipinski definition) is 4. The van der Waals surface area contributed by atoms with Crippen molar-refractivity contribution in [1.82, 2.24) is 10.2 Å². The lowest BCUT2D eigenvalue weighted by atomic mass is 10.4. The van der Waals surface area contributed by atoms with Crippen LogP contribution >= 0.6 is 0 Å². The van der Waals surface area contributed by atoms with Gasteiger partial charge in [-0.15, -0.1) is 0 Å². The van der Waals surface area contributed by atoms with Gasteiger partial charge in [-0.3, -0.25) is 4.79 Å². The molecule has 0 saturated carbocycles. The summed E-state index contributed by atoms with van der Waals surface area (Å²) in [6, 6.07) is 0. The minimum atomic E-state index is -0.760. The van der Waals surface area contributed by atoms with E-state index in [0.29, 0.717) is 6.54 Å². The molecular formula is C9H16N2O3. The largest absolute Gasteiger partial charge is 0.498 e. The van der Waals surface area contributed by atoms with E-state index in [9.17, 15) is 4.79 Å². The minimum Gasteiger partial charge on any atom is -0.498 e. The van der Waals surface area contributed by atoms with Gasteiger partial charge in [0.05, 0.1) is 19.2 Å². The lowest BCUT2D eigenvalue weighted by Crippen LogP contribution is -2.33. The third-order valence-corrected chi connectivity index (χ3v) is 1.96. The number of carboxylic acids is 1. The first-order chi connectivity index (χ1) is 6.79. The molecule has 0 atom stereocenters. The molecule has 2 N–H and O–H groups in total. The standard InChI is InChI=1S/C9H16N2O3/c12-9(13)1-2-10-3-4-11-5-7-14-8-6-11/h5,7,10H,1-4,6,8H2,(H,12,13). The molecule has 0 unspecified atom stereocenters. The molecule has 1 aliphatic heterocycles. The van der Waals surface area contributed by atoms with Crippen molar-refractivity contribution in [3.05, 3.63) is 12.5 Å². The molecule has 1 rings (SSSR count). The van der Waals surface area contributed by atoms with Gasteiger partial charge >= 0.3 is 5.97 Å². The number of carbonyl (C=O) groups is 1. The van der Waals surface area contributed by atoms with Crippen LogP contribution in [-0.4, -0.2) is 48.8 Å². The maximum atomic E-state index is 10.2. The quantitative estimate of drug-likeness (QED) is 0.584. The number of nitrogens with one attached hydrogen (secondary N) is 1. The molecule has 0 amide bonds. The molecule has 0 fully saturated rings. The predicted molar refractivity (Wildman–Crippen MR) is 51.8 cm³/mol. The number of ether oxygens (including phenoxy) is 1. The smallest absolute Gasteiger partial charge is 0.304 e. The molecule has 0 radical (unpaired) electrons. The summed E-state index contributed by atoms with van der Waals surface area (Å²) in [5.41, 5.74) is 0. The summed E-state index contributed by atoms with van der Waals surface area (Å²) in [5, 5.41) is 11.5. The number of rotatable bonds is 6. The van der Waals surface area contributed by atoms with Gasteiger partial charge in [0, 0.05) is 25.8 Å². The number of hydrogen-bond donors (Lipinski definition) is 2. The van der Waals surface area contributed by atoms with E-state index in [1.807, 2.05) is 6.20 Å². The van der Waals surface area contributed by atoms with Crippen LogP contribution in [0.15, 0.2) is 12.5 Å². The fourth-order valence-electron chi connectivity index (χ4n) is 1.17. The molecular weight excluding hydrogens is 184 g/mol. The normalized spacial score (nSPS) is 15.3. The highest BCUT2D eigenvalue weighted by molar-refractivity contribution is 5.66. The summed E-state index contributed by atoms with van der Waals surface area (Å²) in [4.78, 5) is 12.3. The van der Waals surface area contributed by atoms with E-state index in [2.05, 4.69) is 10.2 Å². The van der Waals surface area contributed by atoms with Crippen LogP contribution in [0.25, 0.3) is 0 Å². The predicted octanol–water partition coefficient (Wildman–Crippen LogP) is -0.146. The van der Waals surface area contributed by atoms with E-state index in [4.69, 9.17) is 9.84 Å². The maximum Gasteiger partial charge on any atom is 0.304 e. The highest BCUT2D eigenvalue weighted by atomic mass is 16.5. The molecule has 0 bridgehead atoms. The Morgan fingerprint density at radius 3 is 3.07 bits per heavy atom. The van der Waals surface area contributed by atoms with Crippen LogP contribution in [0.2, 0.25) is 0 Å². The van der Waals surface area contributed by atoms with Crippen LogP contribution < -0.4 is 5.32 Å². The molecule has 80 valence electrons. The third kappa shape index (κ3) is 4.71. The summed E-state index contributed by atoms with van der Waals surface area (Å²) in [6.45, 7) is 3.85. The zero-order chi connectivity index (χ0) is 10.2. The van der Waals surface area contributed by atoms with E-state index >= 15 is 0 Å². The van der Waals surface area contributed by atoms with Crippen molar-refractivity contribution < 1.29 is 14.6 Å². The van der Waals surface area contributed by atoms with Crippen LogP contribution in [0.1, 0.15) is 6.42 Å². The van der Waals surface area contributed by atoms with Crippen molar-refractivity contribution in [2.75, 3.05) is 32.8 Å². The number of carboxylic acid groups (broad SMARTS) is 1. The van der Waals surface area contributed by atoms with E-state index in [-0.39, 0.29) is 6.42 Å². The Kier molecular flexibility index (Phi) is 4.85. The first-order valence-corrected chi connectivity index (χ1v) is 4.74. The van der Waals surface area contributed by atoms with Gasteiger partial charge in [0.1, 0.15) is 6.61 Å². The Balaban J connectivity index is 1.95. The zero-order valence-electron chi connectivity index (χ0n) is 8.11. The van der Waals surface area contributed by atoms with Gasteiger partial charge in [0.25, 0.3) is 0 Å². The summed E-state index contributed by atoms with van der Waals surface area (Å²) in [7, 11) is 0. The fourth-order valence-corrected chi connectivity index (χ4v) is 1.17. The third-order valence-electron chi connectivity index (χ3n) is 1.96. The second-order valence-electron chi connectivity index (χ2n) is 3.09. The minimum absolute atomic E-state index is 0.180. The van der Waals surface area contributed by atoms with Gasteiger partial charge in [-0.2, -0.15) is 0 Å². The Morgan fingerprint density at radius 2 is 2.43 bits per heavy atom. The van der Waals surface area contributed by atoms with Crippen LogP contribution in [-0.2, 0) is 9.53 Å². The summed E-state index contributed by atoms with van der Waals surface area (Å²) < 4.78 is 5.04. The SMILES string of the molecule is O=C(O)CCNCCN1C=COCC1. The average Bonchev–Trinajstić information content (AvgIpc) is 2.18. The monoisotopic (exact) mass is 200 g/mol. The van der Waals surface area contributed by atoms with Crippen LogP contribution in [0.3, 0.4) is 0 Å². The van der Waals surface area contributed by atoms with Crippen molar-refractivity contribution in [1.29, 1.82) is 0 Å². The second kappa shape index (κ2) is 6.26. The first kappa shape index (κ1) is 10.8. The zero-order valence-corrected chi connectivity index (χ0v) is 8.11. The van der Waals surface area contributed by atoms with Crippen LogP contribution in [0, 0.1) is 0 Å². The molecule has 0 spiro atoms. The Bertz CT molecular complexity index is 206. The van der Waals surface area contributed by atoms with Crippen LogP contribution in [0.4, 0.5) is 0 Å². The van der Waals surface area contributed by atoms with Gasteiger partial charge in [0.15, 0.2) is 0 Å². The molecule has 0 aromatic rings. The van der Waals surface area contributed by atoms with Gasteiger partial charge in [-0.25, -0.2) is 0 Å². The van der Waals surface area contributed by atoms with Gasteiger partial charge in [0.2, 0.25) is 0 Å². The second-order valence-corrected chi connectivity index (χ2v) is 3.09. The van der Waals surface area contributed by atoms with E-state index in [1.165, 1.54) is 0 Å². The van der Waals surface area contributed by atoms with E-state index in [1.54, 1.807) is 6.26 Å². The molecule has 0 aliphatic carbocycles. The molecule has 0 saturated heterocycles. The van der Waals surface area contributed by atoms with Gasteiger partial charge in [-0.05, 0) is 0 Å². The van der Waals surface area contributed by atoms with Gasteiger partial charge in [-0.1, -0.05) is 0 Å². The van der Waals surface area contributed by atoms with E-state index in [0.717, 1.165) is 26.2 Å². The lowest BCUT2D eigenvalue weighted by molar-refractivity contribution is -0.136. The number of nitrogens with zero attached hydrogens (tertiary/aromatic N) is 1. The van der Waals surface area contributed by atoms with Crippen LogP contribution in [0.5, 0.6) is 0 Å². The summed E-state index contributed by atoms with van der Waals surface area (Å²) >= 11 is 0. The fraction of sp³-hybridized carbons (Fsp3) is 0.667. The molecule has 1 heterocycles. The Hall–Kier alpha value is -1.23. The van der Waals surface area contributed by atoms with Crippen molar-refractivity contribution in [2.45, 2.75) is 6.42 Å². The molecule has 1 aliphatic rings. The van der Waals surface area contributed by atoms with Crippen molar-refractivity contribution >= 4 is 5.97 Å². The highest BCUT2D eigenvalue weighted by Gasteiger charge is 2.02. The topological polar surface area (TPSA) is 61.8 Å². The Morgan fingerprint density at radius 1 is 1.57 bits per heavy atom. The summed E-state index contributed by atoms with van der Waals surface area (Å²) in [6.07, 6.45) is 3.77. The van der Waals surface area contributed by atoms with Crippen molar-refractivity contribution in [3.63, 3.8) is 0 Å². The molecule has 0 aromatic heterocycles. The molecule has 5 nitrogen and oxygen atoms in total. The average molecular weight is 200 g/mol. The molecule has 5 heteroatoms.